The molecule has 0 bridgehead atoms. The van der Waals surface area contributed by atoms with Crippen LogP contribution >= 0.6 is 11.3 Å². The second kappa shape index (κ2) is 10.5. The molecule has 3 aromatic rings. The average Bonchev–Trinajstić information content (AvgIpc) is 3.48. The smallest absolute Gasteiger partial charge is 0.407 e. The molecule has 2 aromatic carbocycles. The number of hydrogen-bond acceptors (Lipinski definition) is 5. The molecule has 2 unspecified atom stereocenters. The van der Waals surface area contributed by atoms with Crippen molar-refractivity contribution >= 4 is 29.3 Å². The van der Waals surface area contributed by atoms with Crippen LogP contribution in [0.2, 0.25) is 0 Å². The molecule has 4 rings (SSSR count). The van der Waals surface area contributed by atoms with E-state index in [0.717, 1.165) is 22.3 Å². The van der Waals surface area contributed by atoms with Crippen LogP contribution in [0.15, 0.2) is 66.0 Å². The van der Waals surface area contributed by atoms with Crippen molar-refractivity contribution in [2.75, 3.05) is 13.2 Å². The third kappa shape index (κ3) is 4.97. The minimum Gasteiger partial charge on any atom is -0.479 e. The number of fused-ring (bicyclic) bond motifs is 3. The molecular formula is C26H26N2O5S. The zero-order valence-electron chi connectivity index (χ0n) is 18.7. The minimum atomic E-state index is -1.13. The topological polar surface area (TPSA) is 105 Å². The van der Waals surface area contributed by atoms with Crippen LogP contribution in [0.3, 0.4) is 0 Å². The number of carbonyl (C=O) groups is 3. The number of aliphatic carboxylic acids is 1. The fraction of sp³-hybridized carbons (Fsp3) is 0.269. The van der Waals surface area contributed by atoms with E-state index in [1.807, 2.05) is 43.3 Å². The van der Waals surface area contributed by atoms with Gasteiger partial charge in [-0.25, -0.2) is 9.59 Å². The van der Waals surface area contributed by atoms with Gasteiger partial charge in [0.05, 0.1) is 5.92 Å². The first-order valence-corrected chi connectivity index (χ1v) is 12.0. The van der Waals surface area contributed by atoms with Gasteiger partial charge in [0.2, 0.25) is 5.91 Å². The summed E-state index contributed by atoms with van der Waals surface area (Å²) in [5, 5.41) is 16.5. The van der Waals surface area contributed by atoms with Crippen LogP contribution in [0, 0.1) is 5.92 Å². The lowest BCUT2D eigenvalue weighted by atomic mass is 9.98. The highest BCUT2D eigenvalue weighted by Crippen LogP contribution is 2.44. The summed E-state index contributed by atoms with van der Waals surface area (Å²) in [6, 6.07) is 18.5. The summed E-state index contributed by atoms with van der Waals surface area (Å²) in [6.45, 7) is 2.04. The Hall–Kier alpha value is -3.65. The number of carboxylic acid groups (broad SMARTS) is 1. The molecule has 7 nitrogen and oxygen atoms in total. The molecule has 3 N–H and O–H groups in total. The number of alkyl carbamates (subject to hydrolysis) is 1. The van der Waals surface area contributed by atoms with Crippen molar-refractivity contribution in [2.45, 2.75) is 25.3 Å². The predicted molar refractivity (Wildman–Crippen MR) is 130 cm³/mol. The van der Waals surface area contributed by atoms with Crippen molar-refractivity contribution in [3.63, 3.8) is 0 Å². The molecule has 0 fully saturated rings. The maximum Gasteiger partial charge on any atom is 0.407 e. The standard InChI is InChI=1S/C26H26N2O5S/c1-2-16(24(29)28-23(25(30)31)22-12-7-13-34-22)14-27-26(32)33-15-21-19-10-5-3-8-17(19)18-9-4-6-11-20(18)21/h3-13,16,21,23H,2,14-15H2,1H3,(H,27,32)(H,28,29)(H,30,31). The molecule has 8 heteroatoms. The highest BCUT2D eigenvalue weighted by molar-refractivity contribution is 7.10. The number of hydrogen-bond donors (Lipinski definition) is 3. The van der Waals surface area contributed by atoms with E-state index >= 15 is 0 Å². The van der Waals surface area contributed by atoms with Gasteiger partial charge >= 0.3 is 12.1 Å². The lowest BCUT2D eigenvalue weighted by molar-refractivity contribution is -0.142. The summed E-state index contributed by atoms with van der Waals surface area (Å²) in [6.07, 6.45) is -0.173. The van der Waals surface area contributed by atoms with E-state index in [0.29, 0.717) is 11.3 Å². The lowest BCUT2D eigenvalue weighted by Gasteiger charge is -2.19. The van der Waals surface area contributed by atoms with Crippen LogP contribution in [0.5, 0.6) is 0 Å². The molecule has 2 amide bonds. The second-order valence-electron chi connectivity index (χ2n) is 8.11. The zero-order chi connectivity index (χ0) is 24.1. The van der Waals surface area contributed by atoms with Crippen LogP contribution < -0.4 is 10.6 Å². The van der Waals surface area contributed by atoms with Gasteiger partial charge in [0.1, 0.15) is 6.61 Å². The maximum absolute atomic E-state index is 12.7. The van der Waals surface area contributed by atoms with E-state index in [1.54, 1.807) is 17.5 Å². The van der Waals surface area contributed by atoms with Crippen LogP contribution in [-0.4, -0.2) is 36.2 Å². The van der Waals surface area contributed by atoms with Gasteiger partial charge in [-0.2, -0.15) is 0 Å². The van der Waals surface area contributed by atoms with Crippen molar-refractivity contribution in [2.24, 2.45) is 5.92 Å². The number of amides is 2. The Morgan fingerprint density at radius 3 is 2.21 bits per heavy atom. The number of thiophene rings is 1. The molecule has 176 valence electrons. The van der Waals surface area contributed by atoms with Crippen molar-refractivity contribution in [1.82, 2.24) is 10.6 Å². The third-order valence-electron chi connectivity index (χ3n) is 6.06. The summed E-state index contributed by atoms with van der Waals surface area (Å²) in [4.78, 5) is 37.2. The third-order valence-corrected chi connectivity index (χ3v) is 7.00. The van der Waals surface area contributed by atoms with Crippen molar-refractivity contribution in [3.8, 4) is 11.1 Å². The molecule has 0 saturated heterocycles. The largest absolute Gasteiger partial charge is 0.479 e. The first-order valence-electron chi connectivity index (χ1n) is 11.1. The van der Waals surface area contributed by atoms with E-state index in [2.05, 4.69) is 22.8 Å². The molecule has 34 heavy (non-hydrogen) atoms. The first-order chi connectivity index (χ1) is 16.5. The molecule has 0 aliphatic heterocycles. The van der Waals surface area contributed by atoms with E-state index in [9.17, 15) is 19.5 Å². The van der Waals surface area contributed by atoms with Crippen LogP contribution in [-0.2, 0) is 14.3 Å². The molecule has 1 heterocycles. The van der Waals surface area contributed by atoms with Gasteiger partial charge in [0, 0.05) is 17.3 Å². The number of rotatable bonds is 9. The minimum absolute atomic E-state index is 0.0504. The number of nitrogens with one attached hydrogen (secondary N) is 2. The molecule has 0 saturated carbocycles. The number of ether oxygens (including phenoxy) is 1. The van der Waals surface area contributed by atoms with E-state index < -0.39 is 29.9 Å². The maximum atomic E-state index is 12.7. The van der Waals surface area contributed by atoms with Crippen molar-refractivity contribution < 1.29 is 24.2 Å². The molecule has 2 atom stereocenters. The fourth-order valence-electron chi connectivity index (χ4n) is 4.25. The fourth-order valence-corrected chi connectivity index (χ4v) is 5.02. The number of carbonyl (C=O) groups excluding carboxylic acids is 2. The van der Waals surface area contributed by atoms with Crippen LogP contribution in [0.1, 0.15) is 41.3 Å². The molecule has 0 radical (unpaired) electrons. The van der Waals surface area contributed by atoms with Gasteiger partial charge in [-0.15, -0.1) is 11.3 Å². The van der Waals surface area contributed by atoms with Crippen LogP contribution in [0.4, 0.5) is 4.79 Å². The van der Waals surface area contributed by atoms with Crippen LogP contribution in [0.25, 0.3) is 11.1 Å². The Morgan fingerprint density at radius 2 is 1.65 bits per heavy atom. The summed E-state index contributed by atoms with van der Waals surface area (Å²) in [7, 11) is 0. The van der Waals surface area contributed by atoms with Gasteiger partial charge in [-0.1, -0.05) is 61.5 Å². The number of carboxylic acids is 1. The van der Waals surface area contributed by atoms with E-state index in [1.165, 1.54) is 11.3 Å². The molecule has 1 aromatic heterocycles. The van der Waals surface area contributed by atoms with Gasteiger partial charge in [0.25, 0.3) is 0 Å². The van der Waals surface area contributed by atoms with Gasteiger partial charge in [0.15, 0.2) is 6.04 Å². The quantitative estimate of drug-likeness (QED) is 0.418. The highest BCUT2D eigenvalue weighted by Gasteiger charge is 2.30. The Bertz CT molecular complexity index is 1130. The number of benzene rings is 2. The lowest BCUT2D eigenvalue weighted by Crippen LogP contribution is -2.42. The summed E-state index contributed by atoms with van der Waals surface area (Å²) in [5.41, 5.74) is 4.54. The van der Waals surface area contributed by atoms with Gasteiger partial charge in [-0.3, -0.25) is 4.79 Å². The Morgan fingerprint density at radius 1 is 1.00 bits per heavy atom. The van der Waals surface area contributed by atoms with Crippen molar-refractivity contribution in [1.29, 1.82) is 0 Å². The summed E-state index contributed by atoms with van der Waals surface area (Å²) in [5.74, 6) is -2.19. The Labute approximate surface area is 201 Å². The molecular weight excluding hydrogens is 452 g/mol. The molecule has 1 aliphatic rings. The SMILES string of the molecule is CCC(CNC(=O)OCC1c2ccccc2-c2ccccc21)C(=O)NC(C(=O)O)c1cccs1. The summed E-state index contributed by atoms with van der Waals surface area (Å²) >= 11 is 1.26. The van der Waals surface area contributed by atoms with Gasteiger partial charge < -0.3 is 20.5 Å². The molecule has 1 aliphatic carbocycles. The zero-order valence-corrected chi connectivity index (χ0v) is 19.5. The highest BCUT2D eigenvalue weighted by atomic mass is 32.1. The van der Waals surface area contributed by atoms with Gasteiger partial charge in [-0.05, 0) is 40.1 Å². The monoisotopic (exact) mass is 478 g/mol. The Balaban J connectivity index is 1.33. The second-order valence-corrected chi connectivity index (χ2v) is 9.09. The van der Waals surface area contributed by atoms with E-state index in [-0.39, 0.29) is 19.1 Å². The average molecular weight is 479 g/mol. The molecule has 0 spiro atoms. The Kier molecular flexibility index (Phi) is 7.27. The normalized spacial score (nSPS) is 13.9. The first kappa shape index (κ1) is 23.5. The van der Waals surface area contributed by atoms with Crippen molar-refractivity contribution in [3.05, 3.63) is 82.0 Å². The predicted octanol–water partition coefficient (Wildman–Crippen LogP) is 4.55. The summed E-state index contributed by atoms with van der Waals surface area (Å²) < 4.78 is 5.52. The van der Waals surface area contributed by atoms with E-state index in [4.69, 9.17) is 4.74 Å².